The van der Waals surface area contributed by atoms with Crippen LogP contribution in [0.3, 0.4) is 0 Å². The number of fused-ring (bicyclic) bond motifs is 1. The van der Waals surface area contributed by atoms with Crippen LogP contribution in [0.1, 0.15) is 16.3 Å². The Bertz CT molecular complexity index is 1180. The first kappa shape index (κ1) is 19.2. The lowest BCUT2D eigenvalue weighted by Gasteiger charge is -1.98. The average molecular weight is 427 g/mol. The highest BCUT2D eigenvalue weighted by Gasteiger charge is 2.14. The molecule has 4 rings (SSSR count). The predicted octanol–water partition coefficient (Wildman–Crippen LogP) is 5.60. The van der Waals surface area contributed by atoms with Crippen LogP contribution in [0.15, 0.2) is 84.6 Å². The minimum atomic E-state index is -0.471. The molecule has 0 radical (unpaired) electrons. The van der Waals surface area contributed by atoms with E-state index in [1.54, 1.807) is 25.3 Å². The molecule has 1 amide bonds. The summed E-state index contributed by atoms with van der Waals surface area (Å²) in [7, 11) is 1.55. The molecule has 0 saturated carbocycles. The van der Waals surface area contributed by atoms with Gasteiger partial charge in [-0.1, -0.05) is 35.5 Å². The number of nitrogens with zero attached hydrogens (tertiary/aromatic N) is 1. The van der Waals surface area contributed by atoms with Crippen LogP contribution >= 0.6 is 23.4 Å². The lowest BCUT2D eigenvalue weighted by atomic mass is 10.2. The molecule has 29 heavy (non-hydrogen) atoms. The van der Waals surface area contributed by atoms with E-state index in [1.807, 2.05) is 42.5 Å². The molecule has 2 heterocycles. The number of rotatable bonds is 6. The van der Waals surface area contributed by atoms with E-state index < -0.39 is 5.91 Å². The quantitative estimate of drug-likeness (QED) is 0.320. The first-order chi connectivity index (χ1) is 14.1. The van der Waals surface area contributed by atoms with Crippen LogP contribution in [0.4, 0.5) is 0 Å². The number of hydrazone groups is 1. The smallest absolute Gasteiger partial charge is 0.307 e. The standard InChI is InChI=1S/C21H15ClN2O4S/c1-26-17-4-2-3-13-11-18(28-20(13)17)21(25)24-23-12-15-7-10-19(27-15)29-16-8-5-14(22)6-9-16/h2-12H,1H3,(H,24,25). The van der Waals surface area contributed by atoms with Crippen LogP contribution in [0, 0.1) is 0 Å². The molecule has 0 aliphatic carbocycles. The summed E-state index contributed by atoms with van der Waals surface area (Å²) in [5, 5.41) is 6.08. The van der Waals surface area contributed by atoms with Crippen LogP contribution in [-0.4, -0.2) is 19.2 Å². The van der Waals surface area contributed by atoms with Gasteiger partial charge < -0.3 is 13.6 Å². The number of nitrogens with one attached hydrogen (secondary N) is 1. The zero-order valence-corrected chi connectivity index (χ0v) is 16.8. The van der Waals surface area contributed by atoms with E-state index in [9.17, 15) is 4.79 Å². The van der Waals surface area contributed by atoms with E-state index in [0.29, 0.717) is 27.2 Å². The molecule has 2 aromatic carbocycles. The molecule has 4 aromatic rings. The Morgan fingerprint density at radius 2 is 1.97 bits per heavy atom. The van der Waals surface area contributed by atoms with Crippen molar-refractivity contribution in [1.29, 1.82) is 0 Å². The Kier molecular flexibility index (Phi) is 5.59. The lowest BCUT2D eigenvalue weighted by Crippen LogP contribution is -2.16. The number of para-hydroxylation sites is 1. The molecule has 8 heteroatoms. The number of hydrogen-bond acceptors (Lipinski definition) is 6. The maximum absolute atomic E-state index is 12.3. The highest BCUT2D eigenvalue weighted by molar-refractivity contribution is 7.99. The van der Waals surface area contributed by atoms with Crippen LogP contribution in [0.2, 0.25) is 5.02 Å². The van der Waals surface area contributed by atoms with Gasteiger partial charge in [0.1, 0.15) is 5.76 Å². The number of carbonyl (C=O) groups is 1. The molecule has 0 saturated heterocycles. The predicted molar refractivity (Wildman–Crippen MR) is 112 cm³/mol. The molecule has 146 valence electrons. The second kappa shape index (κ2) is 8.46. The average Bonchev–Trinajstić information content (AvgIpc) is 3.36. The molecule has 0 atom stereocenters. The van der Waals surface area contributed by atoms with Crippen molar-refractivity contribution in [3.63, 3.8) is 0 Å². The molecule has 1 N–H and O–H groups in total. The highest BCUT2D eigenvalue weighted by Crippen LogP contribution is 2.30. The van der Waals surface area contributed by atoms with E-state index in [0.717, 1.165) is 10.3 Å². The van der Waals surface area contributed by atoms with E-state index >= 15 is 0 Å². The Morgan fingerprint density at radius 1 is 1.14 bits per heavy atom. The second-order valence-corrected chi connectivity index (χ2v) is 7.42. The van der Waals surface area contributed by atoms with Gasteiger partial charge in [0, 0.05) is 15.3 Å². The Morgan fingerprint density at radius 3 is 2.76 bits per heavy atom. The summed E-state index contributed by atoms with van der Waals surface area (Å²) in [4.78, 5) is 13.3. The summed E-state index contributed by atoms with van der Waals surface area (Å²) in [5.41, 5.74) is 2.94. The van der Waals surface area contributed by atoms with Crippen molar-refractivity contribution in [1.82, 2.24) is 5.43 Å². The number of hydrogen-bond donors (Lipinski definition) is 1. The highest BCUT2D eigenvalue weighted by atomic mass is 35.5. The van der Waals surface area contributed by atoms with Gasteiger partial charge in [0.05, 0.1) is 13.3 Å². The lowest BCUT2D eigenvalue weighted by molar-refractivity contribution is 0.0929. The van der Waals surface area contributed by atoms with Crippen molar-refractivity contribution in [2.24, 2.45) is 5.10 Å². The van der Waals surface area contributed by atoms with E-state index in [-0.39, 0.29) is 5.76 Å². The molecule has 0 aliphatic heterocycles. The normalized spacial score (nSPS) is 11.2. The first-order valence-electron chi connectivity index (χ1n) is 8.55. The number of halogens is 1. The Balaban J connectivity index is 1.39. The molecule has 0 bridgehead atoms. The minimum absolute atomic E-state index is 0.139. The number of benzene rings is 2. The fourth-order valence-electron chi connectivity index (χ4n) is 2.60. The Hall–Kier alpha value is -3.16. The SMILES string of the molecule is COc1cccc2cc(C(=O)NN=Cc3ccc(Sc4ccc(Cl)cc4)o3)oc12. The van der Waals surface area contributed by atoms with Gasteiger partial charge in [-0.3, -0.25) is 4.79 Å². The summed E-state index contributed by atoms with van der Waals surface area (Å²) in [6.45, 7) is 0. The maximum atomic E-state index is 12.3. The topological polar surface area (TPSA) is 77.0 Å². The molecular formula is C21H15ClN2O4S. The number of amides is 1. The largest absolute Gasteiger partial charge is 0.493 e. The fraction of sp³-hybridized carbons (Fsp3) is 0.0476. The molecule has 0 unspecified atom stereocenters. The monoisotopic (exact) mass is 426 g/mol. The summed E-state index contributed by atoms with van der Waals surface area (Å²) in [6, 6.07) is 18.1. The summed E-state index contributed by atoms with van der Waals surface area (Å²) < 4.78 is 16.5. The van der Waals surface area contributed by atoms with E-state index in [2.05, 4.69) is 10.5 Å². The molecule has 2 aromatic heterocycles. The van der Waals surface area contributed by atoms with Crippen molar-refractivity contribution < 1.29 is 18.4 Å². The van der Waals surface area contributed by atoms with E-state index in [1.165, 1.54) is 18.0 Å². The van der Waals surface area contributed by atoms with Gasteiger partial charge >= 0.3 is 5.91 Å². The van der Waals surface area contributed by atoms with Crippen molar-refractivity contribution in [2.45, 2.75) is 9.99 Å². The number of ether oxygens (including phenoxy) is 1. The van der Waals surface area contributed by atoms with E-state index in [4.69, 9.17) is 25.2 Å². The molecule has 0 aliphatic rings. The van der Waals surface area contributed by atoms with Crippen molar-refractivity contribution in [3.8, 4) is 5.75 Å². The molecule has 6 nitrogen and oxygen atoms in total. The Labute approximate surface area is 175 Å². The van der Waals surface area contributed by atoms with Gasteiger partial charge in [0.15, 0.2) is 22.2 Å². The van der Waals surface area contributed by atoms with Crippen LogP contribution in [-0.2, 0) is 0 Å². The van der Waals surface area contributed by atoms with Crippen molar-refractivity contribution in [2.75, 3.05) is 7.11 Å². The van der Waals surface area contributed by atoms with Gasteiger partial charge in [0.25, 0.3) is 0 Å². The molecular weight excluding hydrogens is 412 g/mol. The number of methoxy groups -OCH3 is 1. The van der Waals surface area contributed by atoms with Crippen molar-refractivity contribution in [3.05, 3.63) is 77.2 Å². The maximum Gasteiger partial charge on any atom is 0.307 e. The third-order valence-electron chi connectivity index (χ3n) is 3.94. The van der Waals surface area contributed by atoms with Gasteiger partial charge in [-0.15, -0.1) is 0 Å². The summed E-state index contributed by atoms with van der Waals surface area (Å²) >= 11 is 7.34. The van der Waals surface area contributed by atoms with Gasteiger partial charge in [-0.2, -0.15) is 5.10 Å². The second-order valence-electron chi connectivity index (χ2n) is 5.90. The zero-order chi connectivity index (χ0) is 20.2. The van der Waals surface area contributed by atoms with Gasteiger partial charge in [-0.05, 0) is 48.5 Å². The fourth-order valence-corrected chi connectivity index (χ4v) is 3.50. The zero-order valence-electron chi connectivity index (χ0n) is 15.2. The summed E-state index contributed by atoms with van der Waals surface area (Å²) in [6.07, 6.45) is 1.42. The third kappa shape index (κ3) is 4.47. The molecule has 0 fully saturated rings. The molecule has 0 spiro atoms. The van der Waals surface area contributed by atoms with Crippen LogP contribution in [0.25, 0.3) is 11.0 Å². The first-order valence-corrected chi connectivity index (χ1v) is 9.75. The minimum Gasteiger partial charge on any atom is -0.493 e. The van der Waals surface area contributed by atoms with Crippen molar-refractivity contribution >= 4 is 46.5 Å². The third-order valence-corrected chi connectivity index (χ3v) is 5.12. The van der Waals surface area contributed by atoms with Gasteiger partial charge in [-0.25, -0.2) is 5.43 Å². The van der Waals surface area contributed by atoms with Crippen LogP contribution in [0.5, 0.6) is 5.75 Å². The van der Waals surface area contributed by atoms with Gasteiger partial charge in [0.2, 0.25) is 0 Å². The number of furan rings is 2. The summed E-state index contributed by atoms with van der Waals surface area (Å²) in [5.74, 6) is 0.737. The number of carbonyl (C=O) groups excluding carboxylic acids is 1. The van der Waals surface area contributed by atoms with Crippen LogP contribution < -0.4 is 10.2 Å².